The minimum absolute atomic E-state index is 0.0672. The van der Waals surface area contributed by atoms with Gasteiger partial charge in [-0.1, -0.05) is 25.9 Å². The van der Waals surface area contributed by atoms with Crippen LogP contribution >= 0.6 is 0 Å². The minimum atomic E-state index is -4.39. The number of rotatable bonds is 1. The molecule has 0 radical (unpaired) electrons. The van der Waals surface area contributed by atoms with Crippen molar-refractivity contribution < 1.29 is 17.7 Å². The molecule has 18 heavy (non-hydrogen) atoms. The minimum Gasteiger partial charge on any atom is -0.338 e. The van der Waals surface area contributed by atoms with Crippen LogP contribution in [-0.2, 0) is 10.8 Å². The van der Waals surface area contributed by atoms with E-state index in [0.29, 0.717) is 12.4 Å². The van der Waals surface area contributed by atoms with Crippen LogP contribution in [0.4, 0.5) is 13.2 Å². The van der Waals surface area contributed by atoms with Crippen molar-refractivity contribution in [2.45, 2.75) is 44.2 Å². The molecule has 0 aliphatic carbocycles. The zero-order chi connectivity index (χ0) is 13.6. The van der Waals surface area contributed by atoms with Crippen molar-refractivity contribution in [2.24, 2.45) is 0 Å². The van der Waals surface area contributed by atoms with E-state index in [1.807, 2.05) is 20.8 Å². The van der Waals surface area contributed by atoms with Gasteiger partial charge in [-0.25, -0.2) is 0 Å². The van der Waals surface area contributed by atoms with Crippen LogP contribution in [0.3, 0.4) is 0 Å². The van der Waals surface area contributed by atoms with Crippen molar-refractivity contribution in [2.75, 3.05) is 13.1 Å². The third-order valence-corrected chi connectivity index (χ3v) is 3.20. The molecule has 0 aromatic carbocycles. The third kappa shape index (κ3) is 2.00. The molecule has 2 heterocycles. The van der Waals surface area contributed by atoms with E-state index in [-0.39, 0.29) is 18.9 Å². The van der Waals surface area contributed by atoms with Gasteiger partial charge in [0.2, 0.25) is 5.89 Å². The highest BCUT2D eigenvalue weighted by molar-refractivity contribution is 5.16. The molecule has 0 amide bonds. The Morgan fingerprint density at radius 1 is 1.28 bits per heavy atom. The average Bonchev–Trinajstić information content (AvgIpc) is 2.85. The lowest BCUT2D eigenvalue weighted by Crippen LogP contribution is -2.44. The van der Waals surface area contributed by atoms with Gasteiger partial charge >= 0.3 is 6.18 Å². The molecular weight excluding hydrogens is 247 g/mol. The van der Waals surface area contributed by atoms with E-state index >= 15 is 0 Å². The second kappa shape index (κ2) is 3.94. The molecule has 1 fully saturated rings. The molecule has 2 rings (SSSR count). The first-order chi connectivity index (χ1) is 8.17. The predicted molar refractivity (Wildman–Crippen MR) is 58.2 cm³/mol. The fraction of sp³-hybridized carbons (Fsp3) is 0.818. The van der Waals surface area contributed by atoms with Gasteiger partial charge in [0.25, 0.3) is 0 Å². The van der Waals surface area contributed by atoms with E-state index in [9.17, 15) is 13.2 Å². The number of aromatic nitrogens is 2. The molecule has 1 saturated heterocycles. The maximum Gasteiger partial charge on any atom is 0.404 e. The van der Waals surface area contributed by atoms with E-state index in [1.54, 1.807) is 0 Å². The Bertz CT molecular complexity index is 427. The number of hydrogen-bond donors (Lipinski definition) is 1. The van der Waals surface area contributed by atoms with E-state index in [4.69, 9.17) is 4.52 Å². The maximum absolute atomic E-state index is 13.2. The van der Waals surface area contributed by atoms with Crippen molar-refractivity contribution in [3.63, 3.8) is 0 Å². The SMILES string of the molecule is CC(C)(C)c1noc(C2(C(F)(F)F)CCNC2)n1. The highest BCUT2D eigenvalue weighted by Crippen LogP contribution is 2.44. The van der Waals surface area contributed by atoms with E-state index in [0.717, 1.165) is 0 Å². The van der Waals surface area contributed by atoms with Gasteiger partial charge in [0.05, 0.1) is 0 Å². The Labute approximate surface area is 103 Å². The molecule has 0 spiro atoms. The summed E-state index contributed by atoms with van der Waals surface area (Å²) < 4.78 is 44.6. The smallest absolute Gasteiger partial charge is 0.338 e. The molecule has 0 saturated carbocycles. The summed E-state index contributed by atoms with van der Waals surface area (Å²) in [4.78, 5) is 3.96. The molecule has 7 heteroatoms. The van der Waals surface area contributed by atoms with Crippen molar-refractivity contribution in [1.82, 2.24) is 15.5 Å². The molecule has 1 unspecified atom stereocenters. The average molecular weight is 263 g/mol. The number of nitrogens with zero attached hydrogens (tertiary/aromatic N) is 2. The van der Waals surface area contributed by atoms with Gasteiger partial charge in [-0.15, -0.1) is 0 Å². The van der Waals surface area contributed by atoms with Crippen LogP contribution in [0.5, 0.6) is 0 Å². The molecule has 1 aromatic rings. The van der Waals surface area contributed by atoms with Gasteiger partial charge in [0.15, 0.2) is 11.2 Å². The van der Waals surface area contributed by atoms with Gasteiger partial charge in [-0.05, 0) is 13.0 Å². The normalized spacial score (nSPS) is 25.7. The van der Waals surface area contributed by atoms with Gasteiger partial charge < -0.3 is 9.84 Å². The Kier molecular flexibility index (Phi) is 2.92. The lowest BCUT2D eigenvalue weighted by molar-refractivity contribution is -0.191. The fourth-order valence-corrected chi connectivity index (χ4v) is 1.96. The lowest BCUT2D eigenvalue weighted by Gasteiger charge is -2.26. The van der Waals surface area contributed by atoms with E-state index < -0.39 is 17.0 Å². The Morgan fingerprint density at radius 3 is 2.33 bits per heavy atom. The number of hydrogen-bond acceptors (Lipinski definition) is 4. The standard InChI is InChI=1S/C11H16F3N3O/c1-9(2,3)7-16-8(18-17-7)10(11(12,13)14)4-5-15-6-10/h15H,4-6H2,1-3H3. The number of nitrogens with one attached hydrogen (secondary N) is 1. The zero-order valence-electron chi connectivity index (χ0n) is 10.6. The fourth-order valence-electron chi connectivity index (χ4n) is 1.96. The first kappa shape index (κ1) is 13.3. The number of halogens is 3. The Hall–Kier alpha value is -1.11. The quantitative estimate of drug-likeness (QED) is 0.843. The maximum atomic E-state index is 13.2. The molecule has 1 atom stereocenters. The first-order valence-corrected chi connectivity index (χ1v) is 5.79. The summed E-state index contributed by atoms with van der Waals surface area (Å²) in [7, 11) is 0. The molecule has 1 N–H and O–H groups in total. The first-order valence-electron chi connectivity index (χ1n) is 5.79. The van der Waals surface area contributed by atoms with Crippen LogP contribution in [0.15, 0.2) is 4.52 Å². The second-order valence-corrected chi connectivity index (χ2v) is 5.68. The van der Waals surface area contributed by atoms with Crippen LogP contribution in [0, 0.1) is 0 Å². The van der Waals surface area contributed by atoms with Crippen LogP contribution < -0.4 is 5.32 Å². The van der Waals surface area contributed by atoms with E-state index in [1.165, 1.54) is 0 Å². The summed E-state index contributed by atoms with van der Waals surface area (Å²) in [6.45, 7) is 5.58. The topological polar surface area (TPSA) is 51.0 Å². The Balaban J connectivity index is 2.42. The highest BCUT2D eigenvalue weighted by atomic mass is 19.4. The van der Waals surface area contributed by atoms with Gasteiger partial charge in [-0.2, -0.15) is 18.2 Å². The molecule has 0 bridgehead atoms. The third-order valence-electron chi connectivity index (χ3n) is 3.20. The largest absolute Gasteiger partial charge is 0.404 e. The molecule has 4 nitrogen and oxygen atoms in total. The summed E-state index contributed by atoms with van der Waals surface area (Å²) in [5.74, 6) is -0.0297. The van der Waals surface area contributed by atoms with Gasteiger partial charge in [-0.3, -0.25) is 0 Å². The highest BCUT2D eigenvalue weighted by Gasteiger charge is 2.61. The summed E-state index contributed by atoms with van der Waals surface area (Å²) in [6, 6.07) is 0. The number of alkyl halides is 3. The summed E-state index contributed by atoms with van der Waals surface area (Å²) in [6.07, 6.45) is -4.46. The van der Waals surface area contributed by atoms with Gasteiger partial charge in [0.1, 0.15) is 0 Å². The van der Waals surface area contributed by atoms with Crippen molar-refractivity contribution in [3.05, 3.63) is 11.7 Å². The van der Waals surface area contributed by atoms with Crippen LogP contribution in [0.25, 0.3) is 0 Å². The van der Waals surface area contributed by atoms with Crippen LogP contribution in [0.2, 0.25) is 0 Å². The van der Waals surface area contributed by atoms with Crippen molar-refractivity contribution >= 4 is 0 Å². The van der Waals surface area contributed by atoms with Crippen LogP contribution in [-0.4, -0.2) is 29.4 Å². The Morgan fingerprint density at radius 2 is 1.94 bits per heavy atom. The molecule has 1 aliphatic heterocycles. The molecule has 1 aliphatic rings. The van der Waals surface area contributed by atoms with Crippen molar-refractivity contribution in [3.8, 4) is 0 Å². The second-order valence-electron chi connectivity index (χ2n) is 5.68. The zero-order valence-corrected chi connectivity index (χ0v) is 10.6. The summed E-state index contributed by atoms with van der Waals surface area (Å²) >= 11 is 0. The molecule has 1 aromatic heterocycles. The lowest BCUT2D eigenvalue weighted by atomic mass is 9.86. The predicted octanol–water partition coefficient (Wildman–Crippen LogP) is 2.16. The van der Waals surface area contributed by atoms with Crippen LogP contribution in [0.1, 0.15) is 38.9 Å². The summed E-state index contributed by atoms with van der Waals surface area (Å²) in [5.41, 5.74) is -2.47. The monoisotopic (exact) mass is 263 g/mol. The molecule has 102 valence electrons. The van der Waals surface area contributed by atoms with E-state index in [2.05, 4.69) is 15.5 Å². The molecular formula is C11H16F3N3O. The van der Waals surface area contributed by atoms with Gasteiger partial charge in [0, 0.05) is 12.0 Å². The van der Waals surface area contributed by atoms with Crippen molar-refractivity contribution in [1.29, 1.82) is 0 Å². The summed E-state index contributed by atoms with van der Waals surface area (Å²) in [5, 5.41) is 6.40.